The standard InChI is InChI=1S/C9H9Br2NO2S/c1-9(2,8(13)14)15-7-6(11)3-5(10)4-12-7/h3-4H,1-2H3,(H,13,14). The molecule has 1 heterocycles. The maximum Gasteiger partial charge on any atom is 0.319 e. The summed E-state index contributed by atoms with van der Waals surface area (Å²) in [6.45, 7) is 3.30. The van der Waals surface area contributed by atoms with Crippen LogP contribution in [0.3, 0.4) is 0 Å². The van der Waals surface area contributed by atoms with Crippen LogP contribution in [0.25, 0.3) is 0 Å². The Morgan fingerprint density at radius 3 is 2.60 bits per heavy atom. The van der Waals surface area contributed by atoms with Gasteiger partial charge in [0.05, 0.1) is 4.47 Å². The molecule has 0 unspecified atom stereocenters. The molecule has 1 aromatic rings. The number of carbonyl (C=O) groups is 1. The fourth-order valence-electron chi connectivity index (χ4n) is 0.762. The fraction of sp³-hybridized carbons (Fsp3) is 0.333. The smallest absolute Gasteiger partial charge is 0.319 e. The van der Waals surface area contributed by atoms with Gasteiger partial charge in [-0.15, -0.1) is 0 Å². The number of halogens is 2. The van der Waals surface area contributed by atoms with E-state index in [0.29, 0.717) is 5.03 Å². The highest BCUT2D eigenvalue weighted by atomic mass is 79.9. The van der Waals surface area contributed by atoms with Crippen LogP contribution in [-0.2, 0) is 4.79 Å². The van der Waals surface area contributed by atoms with Gasteiger partial charge in [0, 0.05) is 10.7 Å². The summed E-state index contributed by atoms with van der Waals surface area (Å²) in [4.78, 5) is 15.1. The molecule has 0 saturated heterocycles. The lowest BCUT2D eigenvalue weighted by Gasteiger charge is -2.18. The topological polar surface area (TPSA) is 50.2 Å². The average molecular weight is 355 g/mol. The van der Waals surface area contributed by atoms with Crippen molar-refractivity contribution < 1.29 is 9.90 Å². The lowest BCUT2D eigenvalue weighted by atomic mass is 10.2. The summed E-state index contributed by atoms with van der Waals surface area (Å²) >= 11 is 7.84. The first-order chi connectivity index (χ1) is 6.83. The Morgan fingerprint density at radius 2 is 2.13 bits per heavy atom. The van der Waals surface area contributed by atoms with Gasteiger partial charge >= 0.3 is 5.97 Å². The van der Waals surface area contributed by atoms with Crippen molar-refractivity contribution >= 4 is 49.6 Å². The summed E-state index contributed by atoms with van der Waals surface area (Å²) in [5, 5.41) is 9.65. The van der Waals surface area contributed by atoms with Crippen molar-refractivity contribution in [2.45, 2.75) is 23.6 Å². The first kappa shape index (κ1) is 13.0. The highest BCUT2D eigenvalue weighted by molar-refractivity contribution is 9.11. The van der Waals surface area contributed by atoms with E-state index in [-0.39, 0.29) is 0 Å². The number of rotatable bonds is 3. The van der Waals surface area contributed by atoms with Crippen LogP contribution in [0.15, 0.2) is 26.2 Å². The molecule has 82 valence electrons. The molecule has 0 saturated carbocycles. The number of carboxylic acids is 1. The molecule has 0 amide bonds. The molecular weight excluding hydrogens is 346 g/mol. The average Bonchev–Trinajstić information content (AvgIpc) is 2.09. The fourth-order valence-corrected chi connectivity index (χ4v) is 2.83. The molecule has 0 aliphatic carbocycles. The van der Waals surface area contributed by atoms with Gasteiger partial charge < -0.3 is 5.11 Å². The number of hydrogen-bond donors (Lipinski definition) is 1. The maximum atomic E-state index is 10.9. The third kappa shape index (κ3) is 3.46. The Morgan fingerprint density at radius 1 is 1.53 bits per heavy atom. The van der Waals surface area contributed by atoms with Gasteiger partial charge in [-0.3, -0.25) is 4.79 Å². The Hall–Kier alpha value is -0.0700. The minimum atomic E-state index is -0.886. The molecule has 0 atom stereocenters. The second-order valence-corrected chi connectivity index (χ2v) is 6.74. The van der Waals surface area contributed by atoms with E-state index in [2.05, 4.69) is 36.8 Å². The van der Waals surface area contributed by atoms with Crippen LogP contribution in [0.1, 0.15) is 13.8 Å². The van der Waals surface area contributed by atoms with Crippen LogP contribution < -0.4 is 0 Å². The minimum absolute atomic E-state index is 0.672. The Bertz CT molecular complexity index is 396. The number of carboxylic acid groups (broad SMARTS) is 1. The number of aliphatic carboxylic acids is 1. The van der Waals surface area contributed by atoms with E-state index in [1.165, 1.54) is 11.8 Å². The Kier molecular flexibility index (Phi) is 4.20. The van der Waals surface area contributed by atoms with Crippen molar-refractivity contribution in [1.82, 2.24) is 4.98 Å². The van der Waals surface area contributed by atoms with Crippen molar-refractivity contribution in [1.29, 1.82) is 0 Å². The van der Waals surface area contributed by atoms with Gasteiger partial charge in [-0.2, -0.15) is 0 Å². The molecule has 0 aromatic carbocycles. The Labute approximate surface area is 109 Å². The molecule has 0 aliphatic heterocycles. The SMILES string of the molecule is CC(C)(Sc1ncc(Br)cc1Br)C(=O)O. The molecule has 1 rings (SSSR count). The van der Waals surface area contributed by atoms with Crippen molar-refractivity contribution in [3.63, 3.8) is 0 Å². The summed E-state index contributed by atoms with van der Waals surface area (Å²) in [5.74, 6) is -0.857. The van der Waals surface area contributed by atoms with Crippen LogP contribution >= 0.6 is 43.6 Å². The third-order valence-corrected chi connectivity index (χ3v) is 4.15. The normalized spacial score (nSPS) is 11.5. The van der Waals surface area contributed by atoms with Crippen molar-refractivity contribution in [3.8, 4) is 0 Å². The van der Waals surface area contributed by atoms with E-state index in [0.717, 1.165) is 8.95 Å². The predicted octanol–water partition coefficient (Wildman–Crippen LogP) is 3.56. The summed E-state index contributed by atoms with van der Waals surface area (Å²) in [7, 11) is 0. The van der Waals surface area contributed by atoms with Crippen LogP contribution in [0.2, 0.25) is 0 Å². The van der Waals surface area contributed by atoms with Crippen LogP contribution in [0, 0.1) is 0 Å². The molecule has 0 radical (unpaired) electrons. The minimum Gasteiger partial charge on any atom is -0.480 e. The molecule has 0 fully saturated rings. The van der Waals surface area contributed by atoms with Crippen molar-refractivity contribution in [2.24, 2.45) is 0 Å². The molecule has 0 aliphatic rings. The second-order valence-electron chi connectivity index (χ2n) is 3.36. The van der Waals surface area contributed by atoms with Crippen LogP contribution in [0.4, 0.5) is 0 Å². The second kappa shape index (κ2) is 4.84. The zero-order chi connectivity index (χ0) is 11.6. The van der Waals surface area contributed by atoms with Crippen LogP contribution in [-0.4, -0.2) is 20.8 Å². The molecule has 15 heavy (non-hydrogen) atoms. The molecule has 0 spiro atoms. The van der Waals surface area contributed by atoms with Gasteiger partial charge in [-0.05, 0) is 51.8 Å². The molecule has 0 bridgehead atoms. The quantitative estimate of drug-likeness (QED) is 0.843. The predicted molar refractivity (Wildman–Crippen MR) is 67.2 cm³/mol. The molecular formula is C9H9Br2NO2S. The molecule has 6 heteroatoms. The molecule has 3 nitrogen and oxygen atoms in total. The van der Waals surface area contributed by atoms with Gasteiger partial charge in [-0.25, -0.2) is 4.98 Å². The van der Waals surface area contributed by atoms with E-state index in [9.17, 15) is 4.79 Å². The lowest BCUT2D eigenvalue weighted by Crippen LogP contribution is -2.27. The summed E-state index contributed by atoms with van der Waals surface area (Å²) in [6.07, 6.45) is 1.64. The maximum absolute atomic E-state index is 10.9. The molecule has 1 aromatic heterocycles. The van der Waals surface area contributed by atoms with Gasteiger partial charge in [0.2, 0.25) is 0 Å². The van der Waals surface area contributed by atoms with Gasteiger partial charge in [0.25, 0.3) is 0 Å². The summed E-state index contributed by atoms with van der Waals surface area (Å²) in [6, 6.07) is 1.84. The summed E-state index contributed by atoms with van der Waals surface area (Å²) in [5.41, 5.74) is 0. The lowest BCUT2D eigenvalue weighted by molar-refractivity contribution is -0.138. The number of pyridine rings is 1. The van der Waals surface area contributed by atoms with Crippen LogP contribution in [0.5, 0.6) is 0 Å². The number of thioether (sulfide) groups is 1. The van der Waals surface area contributed by atoms with E-state index >= 15 is 0 Å². The zero-order valence-electron chi connectivity index (χ0n) is 8.12. The third-order valence-electron chi connectivity index (χ3n) is 1.64. The van der Waals surface area contributed by atoms with Gasteiger partial charge in [0.15, 0.2) is 0 Å². The highest BCUT2D eigenvalue weighted by Gasteiger charge is 2.29. The summed E-state index contributed by atoms with van der Waals surface area (Å²) < 4.78 is 0.756. The number of hydrogen-bond acceptors (Lipinski definition) is 3. The van der Waals surface area contributed by atoms with Gasteiger partial charge in [0.1, 0.15) is 9.77 Å². The monoisotopic (exact) mass is 353 g/mol. The largest absolute Gasteiger partial charge is 0.480 e. The van der Waals surface area contributed by atoms with E-state index < -0.39 is 10.7 Å². The zero-order valence-corrected chi connectivity index (χ0v) is 12.1. The van der Waals surface area contributed by atoms with E-state index in [1.54, 1.807) is 20.0 Å². The number of aromatic nitrogens is 1. The van der Waals surface area contributed by atoms with Gasteiger partial charge in [-0.1, -0.05) is 11.8 Å². The first-order valence-corrected chi connectivity index (χ1v) is 6.46. The number of nitrogens with zero attached hydrogens (tertiary/aromatic N) is 1. The van der Waals surface area contributed by atoms with Crippen molar-refractivity contribution in [2.75, 3.05) is 0 Å². The Balaban J connectivity index is 2.95. The van der Waals surface area contributed by atoms with E-state index in [1.807, 2.05) is 6.07 Å². The van der Waals surface area contributed by atoms with Crippen molar-refractivity contribution in [3.05, 3.63) is 21.2 Å². The van der Waals surface area contributed by atoms with E-state index in [4.69, 9.17) is 5.11 Å². The highest BCUT2D eigenvalue weighted by Crippen LogP contribution is 2.36. The first-order valence-electron chi connectivity index (χ1n) is 4.06. The molecule has 1 N–H and O–H groups in total.